The molecule has 0 aliphatic heterocycles. The number of methoxy groups -OCH3 is 1. The molecule has 1 aromatic heterocycles. The predicted molar refractivity (Wildman–Crippen MR) is 105 cm³/mol. The van der Waals surface area contributed by atoms with E-state index in [2.05, 4.69) is 21.1 Å². The number of aryl methyl sites for hydroxylation is 1. The number of hydrogen-bond donors (Lipinski definition) is 1. The van der Waals surface area contributed by atoms with Gasteiger partial charge in [0.15, 0.2) is 17.2 Å². The minimum Gasteiger partial charge on any atom is -0.493 e. The third-order valence-electron chi connectivity index (χ3n) is 4.22. The standard InChI is InChI=1S/C19H19BrN2O4/c1-4-26-15-6-5-12(8-16(15)25-3)10-22-18-11(2)7-13(20)9-14(18)17(21-24)19(22)23/h5-9,23H,4,10H2,1-3H3. The van der Waals surface area contributed by atoms with Crippen LogP contribution in [0.25, 0.3) is 10.9 Å². The Hall–Kier alpha value is -2.54. The number of benzene rings is 2. The van der Waals surface area contributed by atoms with Crippen LogP contribution < -0.4 is 9.47 Å². The summed E-state index contributed by atoms with van der Waals surface area (Å²) in [6, 6.07) is 9.32. The van der Waals surface area contributed by atoms with Gasteiger partial charge in [-0.1, -0.05) is 22.0 Å². The maximum Gasteiger partial charge on any atom is 0.222 e. The van der Waals surface area contributed by atoms with E-state index in [1.807, 2.05) is 38.1 Å². The zero-order valence-electron chi connectivity index (χ0n) is 14.7. The first-order valence-electron chi connectivity index (χ1n) is 8.14. The first-order valence-corrected chi connectivity index (χ1v) is 8.93. The number of aromatic hydroxyl groups is 1. The molecular weight excluding hydrogens is 400 g/mol. The second-order valence-corrected chi connectivity index (χ2v) is 6.80. The lowest BCUT2D eigenvalue weighted by atomic mass is 10.1. The lowest BCUT2D eigenvalue weighted by Crippen LogP contribution is -2.02. The van der Waals surface area contributed by atoms with Gasteiger partial charge in [-0.25, -0.2) is 0 Å². The molecule has 136 valence electrons. The Balaban J connectivity index is 2.12. The second-order valence-electron chi connectivity index (χ2n) is 5.89. The van der Waals surface area contributed by atoms with Crippen molar-refractivity contribution in [2.75, 3.05) is 13.7 Å². The molecule has 0 aliphatic rings. The van der Waals surface area contributed by atoms with E-state index >= 15 is 0 Å². The van der Waals surface area contributed by atoms with Gasteiger partial charge >= 0.3 is 0 Å². The highest BCUT2D eigenvalue weighted by molar-refractivity contribution is 9.10. The number of halogens is 1. The van der Waals surface area contributed by atoms with E-state index < -0.39 is 0 Å². The highest BCUT2D eigenvalue weighted by Crippen LogP contribution is 2.42. The van der Waals surface area contributed by atoms with Crippen molar-refractivity contribution >= 4 is 32.5 Å². The average molecular weight is 419 g/mol. The van der Waals surface area contributed by atoms with Crippen LogP contribution in [0.2, 0.25) is 0 Å². The molecule has 0 bridgehead atoms. The van der Waals surface area contributed by atoms with E-state index in [1.54, 1.807) is 17.7 Å². The molecule has 7 heteroatoms. The second kappa shape index (κ2) is 7.37. The number of aromatic nitrogens is 1. The van der Waals surface area contributed by atoms with Crippen LogP contribution in [0.15, 0.2) is 40.0 Å². The molecule has 1 heterocycles. The van der Waals surface area contributed by atoms with Crippen LogP contribution in [0.4, 0.5) is 5.69 Å². The van der Waals surface area contributed by atoms with Crippen molar-refractivity contribution in [3.63, 3.8) is 0 Å². The first kappa shape index (κ1) is 18.3. The minimum atomic E-state index is -0.149. The Morgan fingerprint density at radius 3 is 2.65 bits per heavy atom. The Labute approximate surface area is 159 Å². The summed E-state index contributed by atoms with van der Waals surface area (Å²) in [6.07, 6.45) is 0. The lowest BCUT2D eigenvalue weighted by molar-refractivity contribution is 0.310. The highest BCUT2D eigenvalue weighted by Gasteiger charge is 2.20. The maximum atomic E-state index is 11.3. The van der Waals surface area contributed by atoms with Crippen LogP contribution in [0.5, 0.6) is 17.4 Å². The fourth-order valence-corrected chi connectivity index (χ4v) is 3.71. The quantitative estimate of drug-likeness (QED) is 0.553. The molecule has 26 heavy (non-hydrogen) atoms. The molecule has 6 nitrogen and oxygen atoms in total. The van der Waals surface area contributed by atoms with Gasteiger partial charge in [-0.2, -0.15) is 0 Å². The lowest BCUT2D eigenvalue weighted by Gasteiger charge is -2.13. The summed E-state index contributed by atoms with van der Waals surface area (Å²) in [5.41, 5.74) is 2.64. The van der Waals surface area contributed by atoms with E-state index in [-0.39, 0.29) is 11.6 Å². The van der Waals surface area contributed by atoms with Crippen molar-refractivity contribution in [1.82, 2.24) is 4.57 Å². The van der Waals surface area contributed by atoms with Crippen LogP contribution in [-0.4, -0.2) is 23.4 Å². The molecule has 0 amide bonds. The monoisotopic (exact) mass is 418 g/mol. The van der Waals surface area contributed by atoms with Gasteiger partial charge in [-0.15, -0.1) is 4.91 Å². The van der Waals surface area contributed by atoms with Crippen molar-refractivity contribution in [3.05, 3.63) is 50.8 Å². The Morgan fingerprint density at radius 2 is 2.00 bits per heavy atom. The highest BCUT2D eigenvalue weighted by atomic mass is 79.9. The van der Waals surface area contributed by atoms with Gasteiger partial charge in [0.2, 0.25) is 5.88 Å². The van der Waals surface area contributed by atoms with Crippen molar-refractivity contribution in [2.24, 2.45) is 5.18 Å². The van der Waals surface area contributed by atoms with E-state index in [0.29, 0.717) is 30.0 Å². The molecule has 0 spiro atoms. The summed E-state index contributed by atoms with van der Waals surface area (Å²) in [5, 5.41) is 14.2. The average Bonchev–Trinajstić information content (AvgIpc) is 2.87. The smallest absolute Gasteiger partial charge is 0.222 e. The van der Waals surface area contributed by atoms with Crippen molar-refractivity contribution in [1.29, 1.82) is 0 Å². The molecule has 0 saturated carbocycles. The third kappa shape index (κ3) is 3.14. The Bertz CT molecular complexity index is 982. The summed E-state index contributed by atoms with van der Waals surface area (Å²) in [5.74, 6) is 1.13. The van der Waals surface area contributed by atoms with Crippen molar-refractivity contribution < 1.29 is 14.6 Å². The normalized spacial score (nSPS) is 10.9. The zero-order chi connectivity index (χ0) is 18.8. The SMILES string of the molecule is CCOc1ccc(Cn2c(O)c(N=O)c3cc(Br)cc(C)c32)cc1OC. The van der Waals surface area contributed by atoms with Crippen LogP contribution >= 0.6 is 15.9 Å². The Morgan fingerprint density at radius 1 is 1.23 bits per heavy atom. The summed E-state index contributed by atoms with van der Waals surface area (Å²) in [4.78, 5) is 11.3. The molecular formula is C19H19BrN2O4. The van der Waals surface area contributed by atoms with Crippen LogP contribution in [0.1, 0.15) is 18.1 Å². The van der Waals surface area contributed by atoms with Gasteiger partial charge in [0, 0.05) is 9.86 Å². The topological polar surface area (TPSA) is 73.0 Å². The van der Waals surface area contributed by atoms with Gasteiger partial charge in [-0.3, -0.25) is 0 Å². The van der Waals surface area contributed by atoms with E-state index in [9.17, 15) is 10.0 Å². The molecule has 0 unspecified atom stereocenters. The summed E-state index contributed by atoms with van der Waals surface area (Å²) >= 11 is 3.42. The number of fused-ring (bicyclic) bond motifs is 1. The largest absolute Gasteiger partial charge is 0.493 e. The molecule has 0 radical (unpaired) electrons. The van der Waals surface area contributed by atoms with Crippen molar-refractivity contribution in [3.8, 4) is 17.4 Å². The number of rotatable bonds is 6. The molecule has 3 rings (SSSR count). The maximum absolute atomic E-state index is 11.3. The molecule has 0 aliphatic carbocycles. The molecule has 0 saturated heterocycles. The minimum absolute atomic E-state index is 0.0438. The van der Waals surface area contributed by atoms with E-state index in [1.165, 1.54) is 0 Å². The molecule has 3 aromatic rings. The van der Waals surface area contributed by atoms with Gasteiger partial charge in [-0.05, 0) is 54.4 Å². The molecule has 2 aromatic carbocycles. The fourth-order valence-electron chi connectivity index (χ4n) is 3.14. The number of nitroso groups, excluding NO2 is 1. The number of hydrogen-bond acceptors (Lipinski definition) is 5. The summed E-state index contributed by atoms with van der Waals surface area (Å²) < 4.78 is 13.4. The zero-order valence-corrected chi connectivity index (χ0v) is 16.3. The fraction of sp³-hybridized carbons (Fsp3) is 0.263. The van der Waals surface area contributed by atoms with Crippen LogP contribution in [0, 0.1) is 11.8 Å². The molecule has 0 fully saturated rings. The Kier molecular flexibility index (Phi) is 5.18. The predicted octanol–water partition coefficient (Wildman–Crippen LogP) is 5.27. The van der Waals surface area contributed by atoms with Crippen LogP contribution in [0.3, 0.4) is 0 Å². The molecule has 1 N–H and O–H groups in total. The van der Waals surface area contributed by atoms with Gasteiger partial charge < -0.3 is 19.1 Å². The first-order chi connectivity index (χ1) is 12.5. The van der Waals surface area contributed by atoms with E-state index in [0.717, 1.165) is 21.1 Å². The van der Waals surface area contributed by atoms with Gasteiger partial charge in [0.25, 0.3) is 0 Å². The van der Waals surface area contributed by atoms with Gasteiger partial charge in [0.05, 0.1) is 25.8 Å². The summed E-state index contributed by atoms with van der Waals surface area (Å²) in [7, 11) is 1.58. The molecule has 0 atom stereocenters. The van der Waals surface area contributed by atoms with Gasteiger partial charge in [0.1, 0.15) is 0 Å². The number of nitrogens with zero attached hydrogens (tertiary/aromatic N) is 2. The summed E-state index contributed by atoms with van der Waals surface area (Å²) in [6.45, 7) is 4.74. The van der Waals surface area contributed by atoms with Crippen LogP contribution in [-0.2, 0) is 6.54 Å². The third-order valence-corrected chi connectivity index (χ3v) is 4.68. The number of ether oxygens (including phenoxy) is 2. The van der Waals surface area contributed by atoms with E-state index in [4.69, 9.17) is 9.47 Å². The van der Waals surface area contributed by atoms with Crippen molar-refractivity contribution in [2.45, 2.75) is 20.4 Å².